The van der Waals surface area contributed by atoms with E-state index in [1.807, 2.05) is 25.2 Å². The molecule has 0 saturated carbocycles. The number of rotatable bonds is 4. The first-order valence-electron chi connectivity index (χ1n) is 6.31. The first-order chi connectivity index (χ1) is 8.25. The van der Waals surface area contributed by atoms with Gasteiger partial charge < -0.3 is 15.1 Å². The van der Waals surface area contributed by atoms with Gasteiger partial charge in [-0.15, -0.1) is 0 Å². The van der Waals surface area contributed by atoms with E-state index in [2.05, 4.69) is 27.3 Å². The molecule has 0 amide bonds. The average Bonchev–Trinajstić information content (AvgIpc) is 2.38. The zero-order valence-corrected chi connectivity index (χ0v) is 10.8. The number of nitrogens with zero attached hydrogens (tertiary/aromatic N) is 3. The van der Waals surface area contributed by atoms with Crippen LogP contribution in [0.1, 0.15) is 5.56 Å². The van der Waals surface area contributed by atoms with Crippen molar-refractivity contribution in [2.75, 3.05) is 51.7 Å². The highest BCUT2D eigenvalue weighted by atomic mass is 15.2. The minimum atomic E-state index is 1.02. The van der Waals surface area contributed by atoms with Gasteiger partial charge in [-0.3, -0.25) is 0 Å². The summed E-state index contributed by atoms with van der Waals surface area (Å²) in [5.74, 6) is 1.02. The van der Waals surface area contributed by atoms with Crippen LogP contribution in [0.3, 0.4) is 0 Å². The number of hydrogen-bond acceptors (Lipinski definition) is 4. The summed E-state index contributed by atoms with van der Waals surface area (Å²) < 4.78 is 0. The maximum atomic E-state index is 4.44. The smallest absolute Gasteiger partial charge is 0.127 e. The van der Waals surface area contributed by atoms with Gasteiger partial charge >= 0.3 is 0 Å². The lowest BCUT2D eigenvalue weighted by Crippen LogP contribution is -2.44. The van der Waals surface area contributed by atoms with Crippen molar-refractivity contribution in [3.8, 4) is 0 Å². The summed E-state index contributed by atoms with van der Waals surface area (Å²) in [5.41, 5.74) is 1.33. The molecule has 0 aromatic carbocycles. The van der Waals surface area contributed by atoms with Crippen LogP contribution in [0.15, 0.2) is 18.3 Å². The fourth-order valence-electron chi connectivity index (χ4n) is 2.05. The molecule has 1 aliphatic heterocycles. The number of hydrogen-bond donors (Lipinski definition) is 1. The lowest BCUT2D eigenvalue weighted by Gasteiger charge is -2.27. The van der Waals surface area contributed by atoms with E-state index in [9.17, 15) is 0 Å². The van der Waals surface area contributed by atoms with Crippen molar-refractivity contribution in [3.63, 3.8) is 0 Å². The van der Waals surface area contributed by atoms with Gasteiger partial charge in [0.2, 0.25) is 0 Å². The van der Waals surface area contributed by atoms with Crippen LogP contribution < -0.4 is 10.2 Å². The second kappa shape index (κ2) is 5.98. The topological polar surface area (TPSA) is 31.4 Å². The van der Waals surface area contributed by atoms with Crippen molar-refractivity contribution in [2.24, 2.45) is 0 Å². The molecule has 0 aliphatic carbocycles. The lowest BCUT2D eigenvalue weighted by atomic mass is 10.2. The molecule has 4 heteroatoms. The zero-order chi connectivity index (χ0) is 12.1. The van der Waals surface area contributed by atoms with Crippen LogP contribution in [0, 0.1) is 0 Å². The summed E-state index contributed by atoms with van der Waals surface area (Å²) in [5, 5.41) is 3.37. The summed E-state index contributed by atoms with van der Waals surface area (Å²) in [6, 6.07) is 4.28. The SMILES string of the molecule is CN(C)c1ccc(CCN2CCNCC2)cn1. The largest absolute Gasteiger partial charge is 0.363 e. The maximum absolute atomic E-state index is 4.44. The average molecular weight is 234 g/mol. The second-order valence-corrected chi connectivity index (χ2v) is 4.76. The molecular weight excluding hydrogens is 212 g/mol. The maximum Gasteiger partial charge on any atom is 0.127 e. The third-order valence-corrected chi connectivity index (χ3v) is 3.19. The molecule has 1 aromatic heterocycles. The molecule has 0 spiro atoms. The van der Waals surface area contributed by atoms with E-state index >= 15 is 0 Å². The Kier molecular flexibility index (Phi) is 4.34. The highest BCUT2D eigenvalue weighted by molar-refractivity contribution is 5.37. The van der Waals surface area contributed by atoms with E-state index in [0.717, 1.165) is 31.9 Å². The lowest BCUT2D eigenvalue weighted by molar-refractivity contribution is 0.244. The van der Waals surface area contributed by atoms with Crippen LogP contribution in [-0.4, -0.2) is 56.7 Å². The fourth-order valence-corrected chi connectivity index (χ4v) is 2.05. The summed E-state index contributed by atoms with van der Waals surface area (Å²) in [6.45, 7) is 5.73. The Morgan fingerprint density at radius 2 is 2.06 bits per heavy atom. The summed E-state index contributed by atoms with van der Waals surface area (Å²) in [4.78, 5) is 8.98. The molecular formula is C13H22N4. The Labute approximate surface area is 104 Å². The number of pyridine rings is 1. The standard InChI is InChI=1S/C13H22N4/c1-16(2)13-4-3-12(11-15-13)5-8-17-9-6-14-7-10-17/h3-4,11,14H,5-10H2,1-2H3. The number of piperazine rings is 1. The first kappa shape index (κ1) is 12.3. The van der Waals surface area contributed by atoms with Crippen molar-refractivity contribution in [1.82, 2.24) is 15.2 Å². The third kappa shape index (κ3) is 3.68. The third-order valence-electron chi connectivity index (χ3n) is 3.19. The van der Waals surface area contributed by atoms with Gasteiger partial charge in [0.15, 0.2) is 0 Å². The molecule has 1 N–H and O–H groups in total. The van der Waals surface area contributed by atoms with E-state index in [4.69, 9.17) is 0 Å². The van der Waals surface area contributed by atoms with E-state index in [0.29, 0.717) is 0 Å². The van der Waals surface area contributed by atoms with Crippen molar-refractivity contribution < 1.29 is 0 Å². The van der Waals surface area contributed by atoms with Gasteiger partial charge in [0, 0.05) is 53.0 Å². The van der Waals surface area contributed by atoms with Gasteiger partial charge in [0.25, 0.3) is 0 Å². The number of nitrogens with one attached hydrogen (secondary N) is 1. The van der Waals surface area contributed by atoms with Crippen LogP contribution in [0.5, 0.6) is 0 Å². The molecule has 1 aliphatic rings. The van der Waals surface area contributed by atoms with Crippen LogP contribution in [0.4, 0.5) is 5.82 Å². The number of aromatic nitrogens is 1. The zero-order valence-electron chi connectivity index (χ0n) is 10.8. The molecule has 0 unspecified atom stereocenters. The second-order valence-electron chi connectivity index (χ2n) is 4.76. The van der Waals surface area contributed by atoms with Gasteiger partial charge in [-0.25, -0.2) is 4.98 Å². The quantitative estimate of drug-likeness (QED) is 0.826. The minimum Gasteiger partial charge on any atom is -0.363 e. The molecule has 1 fully saturated rings. The van der Waals surface area contributed by atoms with Crippen LogP contribution in [-0.2, 0) is 6.42 Å². The van der Waals surface area contributed by atoms with Crippen molar-refractivity contribution in [2.45, 2.75) is 6.42 Å². The van der Waals surface area contributed by atoms with E-state index < -0.39 is 0 Å². The molecule has 0 bridgehead atoms. The Balaban J connectivity index is 1.82. The van der Waals surface area contributed by atoms with Gasteiger partial charge in [0.05, 0.1) is 0 Å². The minimum absolute atomic E-state index is 1.02. The first-order valence-corrected chi connectivity index (χ1v) is 6.31. The van der Waals surface area contributed by atoms with E-state index in [-0.39, 0.29) is 0 Å². The Morgan fingerprint density at radius 1 is 1.29 bits per heavy atom. The van der Waals surface area contributed by atoms with E-state index in [1.165, 1.54) is 18.7 Å². The predicted molar refractivity (Wildman–Crippen MR) is 71.6 cm³/mol. The van der Waals surface area contributed by atoms with Crippen molar-refractivity contribution in [3.05, 3.63) is 23.9 Å². The Hall–Kier alpha value is -1.13. The molecule has 0 atom stereocenters. The molecule has 2 heterocycles. The summed E-state index contributed by atoms with van der Waals surface area (Å²) >= 11 is 0. The molecule has 94 valence electrons. The number of anilines is 1. The highest BCUT2D eigenvalue weighted by Crippen LogP contribution is 2.08. The van der Waals surface area contributed by atoms with Gasteiger partial charge in [-0.05, 0) is 18.1 Å². The predicted octanol–water partition coefficient (Wildman–Crippen LogP) is 0.595. The summed E-state index contributed by atoms with van der Waals surface area (Å²) in [7, 11) is 4.03. The van der Waals surface area contributed by atoms with Crippen LogP contribution in [0.25, 0.3) is 0 Å². The molecule has 17 heavy (non-hydrogen) atoms. The molecule has 1 saturated heterocycles. The molecule has 1 aromatic rings. The Morgan fingerprint density at radius 3 is 2.65 bits per heavy atom. The molecule has 0 radical (unpaired) electrons. The van der Waals surface area contributed by atoms with Crippen molar-refractivity contribution >= 4 is 5.82 Å². The van der Waals surface area contributed by atoms with Gasteiger partial charge in [-0.1, -0.05) is 6.07 Å². The van der Waals surface area contributed by atoms with Crippen molar-refractivity contribution in [1.29, 1.82) is 0 Å². The molecule has 4 nitrogen and oxygen atoms in total. The monoisotopic (exact) mass is 234 g/mol. The van der Waals surface area contributed by atoms with E-state index in [1.54, 1.807) is 0 Å². The van der Waals surface area contributed by atoms with Crippen LogP contribution in [0.2, 0.25) is 0 Å². The van der Waals surface area contributed by atoms with Gasteiger partial charge in [-0.2, -0.15) is 0 Å². The van der Waals surface area contributed by atoms with Crippen LogP contribution >= 0.6 is 0 Å². The molecule has 2 rings (SSSR count). The Bertz CT molecular complexity index is 328. The summed E-state index contributed by atoms with van der Waals surface area (Å²) in [6.07, 6.45) is 3.10. The van der Waals surface area contributed by atoms with Gasteiger partial charge in [0.1, 0.15) is 5.82 Å². The normalized spacial score (nSPS) is 17.1. The fraction of sp³-hybridized carbons (Fsp3) is 0.615. The highest BCUT2D eigenvalue weighted by Gasteiger charge is 2.08.